The fraction of sp³-hybridized carbons (Fsp3) is 0.471. The van der Waals surface area contributed by atoms with E-state index in [0.29, 0.717) is 29.1 Å². The van der Waals surface area contributed by atoms with Crippen LogP contribution in [0.2, 0.25) is 0 Å². The third-order valence-corrected chi connectivity index (χ3v) is 4.70. The summed E-state index contributed by atoms with van der Waals surface area (Å²) in [5.74, 6) is 0.244. The molecule has 24 heavy (non-hydrogen) atoms. The molecule has 0 aliphatic carbocycles. The first-order chi connectivity index (χ1) is 11.5. The Labute approximate surface area is 139 Å². The summed E-state index contributed by atoms with van der Waals surface area (Å²) in [6.07, 6.45) is 1.03. The van der Waals surface area contributed by atoms with Crippen LogP contribution >= 0.6 is 0 Å². The Hall–Kier alpha value is -2.41. The highest BCUT2D eigenvalue weighted by Crippen LogP contribution is 2.14. The number of H-pyrrole nitrogens is 1. The molecule has 1 saturated heterocycles. The maximum absolute atomic E-state index is 12.5. The van der Waals surface area contributed by atoms with E-state index in [1.54, 1.807) is 25.1 Å². The van der Waals surface area contributed by atoms with E-state index in [1.165, 1.54) is 4.57 Å². The molecule has 7 heteroatoms. The van der Waals surface area contributed by atoms with E-state index in [-0.39, 0.29) is 11.9 Å². The zero-order chi connectivity index (χ0) is 17.3. The minimum absolute atomic E-state index is 0.0885. The van der Waals surface area contributed by atoms with Crippen LogP contribution in [0.1, 0.15) is 30.6 Å². The minimum Gasteiger partial charge on any atom is -0.348 e. The molecule has 2 atom stereocenters. The van der Waals surface area contributed by atoms with Gasteiger partial charge in [0, 0.05) is 24.7 Å². The molecule has 0 radical (unpaired) electrons. The topological polar surface area (TPSA) is 96.0 Å². The van der Waals surface area contributed by atoms with Gasteiger partial charge in [-0.05, 0) is 44.0 Å². The van der Waals surface area contributed by atoms with E-state index in [0.717, 1.165) is 19.5 Å². The smallest absolute Gasteiger partial charge is 0.316 e. The molecule has 1 amide bonds. The van der Waals surface area contributed by atoms with Crippen LogP contribution in [-0.2, 0) is 6.54 Å². The van der Waals surface area contributed by atoms with E-state index in [2.05, 4.69) is 22.5 Å². The van der Waals surface area contributed by atoms with Gasteiger partial charge in [0.25, 0.3) is 5.91 Å². The van der Waals surface area contributed by atoms with E-state index < -0.39 is 11.1 Å². The second-order valence-electron chi connectivity index (χ2n) is 6.29. The number of aryl methyl sites for hydroxylation is 1. The van der Waals surface area contributed by atoms with Gasteiger partial charge in [0.15, 0.2) is 0 Å². The molecule has 0 saturated carbocycles. The van der Waals surface area contributed by atoms with Gasteiger partial charge < -0.3 is 20.2 Å². The molecule has 1 aliphatic rings. The quantitative estimate of drug-likeness (QED) is 0.712. The molecule has 0 bridgehead atoms. The van der Waals surface area contributed by atoms with Gasteiger partial charge in [0.1, 0.15) is 0 Å². The van der Waals surface area contributed by atoms with Gasteiger partial charge in [0.2, 0.25) is 0 Å². The number of rotatable bonds is 3. The molecule has 2 heterocycles. The van der Waals surface area contributed by atoms with E-state index in [9.17, 15) is 14.4 Å². The number of aromatic nitrogens is 2. The number of benzene rings is 1. The van der Waals surface area contributed by atoms with E-state index in [4.69, 9.17) is 0 Å². The molecule has 3 rings (SSSR count). The van der Waals surface area contributed by atoms with E-state index >= 15 is 0 Å². The zero-order valence-corrected chi connectivity index (χ0v) is 13.9. The Morgan fingerprint density at radius 2 is 2.17 bits per heavy atom. The summed E-state index contributed by atoms with van der Waals surface area (Å²) in [6.45, 7) is 6.06. The standard InChI is InChI=1S/C17H22N4O3/c1-3-21-14-5-4-11(8-12(14)19-16(23)17(21)24)15(22)20-13-9-18-7-6-10(13)2/h4-5,8,10,13,18H,3,6-7,9H2,1-2H3,(H,19,23)(H,20,22). The number of hydrogen-bond donors (Lipinski definition) is 3. The monoisotopic (exact) mass is 330 g/mol. The predicted octanol–water partition coefficient (Wildman–Crippen LogP) is 0.438. The summed E-state index contributed by atoms with van der Waals surface area (Å²) in [5.41, 5.74) is 0.323. The number of nitrogens with one attached hydrogen (secondary N) is 3. The lowest BCUT2D eigenvalue weighted by atomic mass is 9.94. The van der Waals surface area contributed by atoms with Gasteiger partial charge in [-0.2, -0.15) is 0 Å². The van der Waals surface area contributed by atoms with Crippen molar-refractivity contribution >= 4 is 16.9 Å². The first-order valence-corrected chi connectivity index (χ1v) is 8.29. The largest absolute Gasteiger partial charge is 0.348 e. The highest BCUT2D eigenvalue weighted by molar-refractivity contribution is 5.97. The molecule has 7 nitrogen and oxygen atoms in total. The first kappa shape index (κ1) is 16.4. The van der Waals surface area contributed by atoms with Crippen molar-refractivity contribution in [2.75, 3.05) is 13.1 Å². The Balaban J connectivity index is 1.93. The summed E-state index contributed by atoms with van der Waals surface area (Å²) in [7, 11) is 0. The van der Waals surface area contributed by atoms with Gasteiger partial charge >= 0.3 is 11.1 Å². The third-order valence-electron chi connectivity index (χ3n) is 4.70. The minimum atomic E-state index is -0.674. The van der Waals surface area contributed by atoms with Gasteiger partial charge in [0.05, 0.1) is 11.0 Å². The normalized spacial score (nSPS) is 20.9. The van der Waals surface area contributed by atoms with Gasteiger partial charge in [-0.1, -0.05) is 6.92 Å². The Morgan fingerprint density at radius 1 is 1.38 bits per heavy atom. The lowest BCUT2D eigenvalue weighted by Gasteiger charge is -2.30. The number of aromatic amines is 1. The van der Waals surface area contributed by atoms with Gasteiger partial charge in [-0.25, -0.2) is 0 Å². The Kier molecular flexibility index (Phi) is 4.53. The number of hydrogen-bond acceptors (Lipinski definition) is 4. The van der Waals surface area contributed by atoms with Crippen molar-refractivity contribution in [3.63, 3.8) is 0 Å². The zero-order valence-electron chi connectivity index (χ0n) is 13.9. The lowest BCUT2D eigenvalue weighted by Crippen LogP contribution is -2.50. The molecule has 1 aromatic heterocycles. The van der Waals surface area contributed by atoms with Gasteiger partial charge in [-0.15, -0.1) is 0 Å². The second-order valence-corrected chi connectivity index (χ2v) is 6.29. The molecule has 1 aromatic carbocycles. The van der Waals surface area contributed by atoms with Crippen LogP contribution in [0, 0.1) is 5.92 Å². The summed E-state index contributed by atoms with van der Waals surface area (Å²) >= 11 is 0. The van der Waals surface area contributed by atoms with Crippen LogP contribution in [0.15, 0.2) is 27.8 Å². The summed E-state index contributed by atoms with van der Waals surface area (Å²) in [5, 5.41) is 6.32. The molecule has 2 unspecified atom stereocenters. The Bertz CT molecular complexity index is 884. The molecule has 1 fully saturated rings. The highest BCUT2D eigenvalue weighted by Gasteiger charge is 2.23. The number of carbonyl (C=O) groups is 1. The number of piperidine rings is 1. The molecule has 2 aromatic rings. The maximum atomic E-state index is 12.5. The average molecular weight is 330 g/mol. The van der Waals surface area contributed by atoms with Crippen molar-refractivity contribution in [3.8, 4) is 0 Å². The molecular weight excluding hydrogens is 308 g/mol. The highest BCUT2D eigenvalue weighted by atomic mass is 16.2. The molecule has 3 N–H and O–H groups in total. The average Bonchev–Trinajstić information content (AvgIpc) is 2.57. The lowest BCUT2D eigenvalue weighted by molar-refractivity contribution is 0.0915. The number of amides is 1. The SMILES string of the molecule is CCn1c(=O)c(=O)[nH]c2cc(C(=O)NC3CNCCC3C)ccc21. The molecule has 0 spiro atoms. The van der Waals surface area contributed by atoms with Crippen LogP contribution < -0.4 is 21.8 Å². The second kappa shape index (κ2) is 6.60. The number of carbonyl (C=O) groups excluding carboxylic acids is 1. The molecular formula is C17H22N4O3. The van der Waals surface area contributed by atoms with Crippen molar-refractivity contribution in [1.82, 2.24) is 20.2 Å². The number of fused-ring (bicyclic) bond motifs is 1. The van der Waals surface area contributed by atoms with Crippen LogP contribution in [0.3, 0.4) is 0 Å². The maximum Gasteiger partial charge on any atom is 0.316 e. The Morgan fingerprint density at radius 3 is 2.88 bits per heavy atom. The fourth-order valence-electron chi connectivity index (χ4n) is 3.17. The summed E-state index contributed by atoms with van der Waals surface area (Å²) in [6, 6.07) is 5.10. The van der Waals surface area contributed by atoms with Crippen LogP contribution in [0.25, 0.3) is 11.0 Å². The van der Waals surface area contributed by atoms with E-state index in [1.807, 2.05) is 0 Å². The van der Waals surface area contributed by atoms with Crippen molar-refractivity contribution in [1.29, 1.82) is 0 Å². The third kappa shape index (κ3) is 2.99. The van der Waals surface area contributed by atoms with Crippen LogP contribution in [0.5, 0.6) is 0 Å². The van der Waals surface area contributed by atoms with Crippen LogP contribution in [-0.4, -0.2) is 34.6 Å². The summed E-state index contributed by atoms with van der Waals surface area (Å²) < 4.78 is 1.41. The molecule has 1 aliphatic heterocycles. The van der Waals surface area contributed by atoms with Gasteiger partial charge in [-0.3, -0.25) is 14.4 Å². The van der Waals surface area contributed by atoms with Crippen molar-refractivity contribution in [3.05, 3.63) is 44.5 Å². The van der Waals surface area contributed by atoms with Crippen LogP contribution in [0.4, 0.5) is 0 Å². The van der Waals surface area contributed by atoms with Crippen molar-refractivity contribution in [2.45, 2.75) is 32.9 Å². The fourth-order valence-corrected chi connectivity index (χ4v) is 3.17. The predicted molar refractivity (Wildman–Crippen MR) is 92.4 cm³/mol. The summed E-state index contributed by atoms with van der Waals surface area (Å²) in [4.78, 5) is 38.7. The van der Waals surface area contributed by atoms with Crippen molar-refractivity contribution < 1.29 is 4.79 Å². The first-order valence-electron chi connectivity index (χ1n) is 8.29. The molecule has 128 valence electrons. The van der Waals surface area contributed by atoms with Crippen molar-refractivity contribution in [2.24, 2.45) is 5.92 Å². The number of nitrogens with zero attached hydrogens (tertiary/aromatic N) is 1.